The number of rotatable bonds is 2. The van der Waals surface area contributed by atoms with Gasteiger partial charge in [0.1, 0.15) is 5.75 Å². The Labute approximate surface area is 111 Å². The van der Waals surface area contributed by atoms with E-state index in [-0.39, 0.29) is 5.75 Å². The number of phenolic OH excluding ortho intramolecular Hbond substituents is 1. The fourth-order valence-corrected chi connectivity index (χ4v) is 2.43. The first-order valence-electron chi connectivity index (χ1n) is 6.01. The number of ether oxygens (including phenoxy) is 2. The Kier molecular flexibility index (Phi) is 2.67. The maximum absolute atomic E-state index is 9.85. The zero-order valence-electron chi connectivity index (χ0n) is 10.8. The molecular weight excluding hydrogens is 240 g/mol. The number of aromatic hydroxyl groups is 1. The van der Waals surface area contributed by atoms with Crippen molar-refractivity contribution < 1.29 is 14.6 Å². The first-order chi connectivity index (χ1) is 9.24. The van der Waals surface area contributed by atoms with E-state index < -0.39 is 0 Å². The Morgan fingerprint density at radius 2 is 1.58 bits per heavy atom. The lowest BCUT2D eigenvalue weighted by Gasteiger charge is -2.11. The standard InChI is InChI=1S/C16H14O3/c1-18-14-5-3-4-10-6-7-11-8-13(17)15(19-2)9-12(11)16(10)14/h3-9,17H,1-2H3. The largest absolute Gasteiger partial charge is 0.504 e. The second kappa shape index (κ2) is 4.35. The number of phenols is 1. The van der Waals surface area contributed by atoms with Crippen molar-refractivity contribution in [1.29, 1.82) is 0 Å². The van der Waals surface area contributed by atoms with Gasteiger partial charge in [0, 0.05) is 5.39 Å². The van der Waals surface area contributed by atoms with Crippen molar-refractivity contribution in [2.24, 2.45) is 0 Å². The lowest BCUT2D eigenvalue weighted by Crippen LogP contribution is -1.88. The van der Waals surface area contributed by atoms with Crippen LogP contribution in [0.5, 0.6) is 17.2 Å². The lowest BCUT2D eigenvalue weighted by atomic mass is 10.0. The molecule has 0 amide bonds. The summed E-state index contributed by atoms with van der Waals surface area (Å²) in [6.07, 6.45) is 0. The van der Waals surface area contributed by atoms with Gasteiger partial charge >= 0.3 is 0 Å². The molecule has 3 rings (SSSR count). The van der Waals surface area contributed by atoms with Crippen LogP contribution in [0.2, 0.25) is 0 Å². The van der Waals surface area contributed by atoms with Gasteiger partial charge in [0.05, 0.1) is 14.2 Å². The van der Waals surface area contributed by atoms with E-state index >= 15 is 0 Å². The highest BCUT2D eigenvalue weighted by molar-refractivity contribution is 6.11. The normalized spacial score (nSPS) is 10.8. The molecular formula is C16H14O3. The summed E-state index contributed by atoms with van der Waals surface area (Å²) < 4.78 is 10.6. The third-order valence-electron chi connectivity index (χ3n) is 3.34. The number of fused-ring (bicyclic) bond motifs is 3. The monoisotopic (exact) mass is 254 g/mol. The topological polar surface area (TPSA) is 38.7 Å². The molecule has 3 aromatic rings. The molecule has 1 N–H and O–H groups in total. The fourth-order valence-electron chi connectivity index (χ4n) is 2.43. The zero-order chi connectivity index (χ0) is 13.4. The molecule has 0 fully saturated rings. The van der Waals surface area contributed by atoms with Crippen molar-refractivity contribution in [2.45, 2.75) is 0 Å². The second-order valence-electron chi connectivity index (χ2n) is 4.37. The maximum Gasteiger partial charge on any atom is 0.161 e. The Morgan fingerprint density at radius 1 is 0.842 bits per heavy atom. The minimum Gasteiger partial charge on any atom is -0.504 e. The second-order valence-corrected chi connectivity index (χ2v) is 4.37. The lowest BCUT2D eigenvalue weighted by molar-refractivity contribution is 0.374. The predicted molar refractivity (Wildman–Crippen MR) is 76.2 cm³/mol. The summed E-state index contributed by atoms with van der Waals surface area (Å²) in [5.74, 6) is 1.42. The third-order valence-corrected chi connectivity index (χ3v) is 3.34. The molecule has 0 heterocycles. The molecule has 0 saturated carbocycles. The van der Waals surface area contributed by atoms with Gasteiger partial charge in [-0.15, -0.1) is 0 Å². The fraction of sp³-hybridized carbons (Fsp3) is 0.125. The van der Waals surface area contributed by atoms with E-state index in [1.54, 1.807) is 20.3 Å². The van der Waals surface area contributed by atoms with Crippen LogP contribution in [0.1, 0.15) is 0 Å². The molecule has 0 spiro atoms. The summed E-state index contributed by atoms with van der Waals surface area (Å²) in [5, 5.41) is 13.9. The van der Waals surface area contributed by atoms with E-state index in [0.29, 0.717) is 5.75 Å². The molecule has 0 aliphatic heterocycles. The van der Waals surface area contributed by atoms with Gasteiger partial charge < -0.3 is 14.6 Å². The van der Waals surface area contributed by atoms with Crippen LogP contribution in [-0.2, 0) is 0 Å². The van der Waals surface area contributed by atoms with Crippen LogP contribution >= 0.6 is 0 Å². The highest BCUT2D eigenvalue weighted by Crippen LogP contribution is 2.38. The maximum atomic E-state index is 9.85. The van der Waals surface area contributed by atoms with Gasteiger partial charge in [0.2, 0.25) is 0 Å². The van der Waals surface area contributed by atoms with Crippen molar-refractivity contribution >= 4 is 21.5 Å². The van der Waals surface area contributed by atoms with Crippen LogP contribution in [0.4, 0.5) is 0 Å². The van der Waals surface area contributed by atoms with Gasteiger partial charge in [-0.3, -0.25) is 0 Å². The summed E-state index contributed by atoms with van der Waals surface area (Å²) >= 11 is 0. The molecule has 3 aromatic carbocycles. The first kappa shape index (κ1) is 11.7. The molecule has 0 aliphatic carbocycles. The van der Waals surface area contributed by atoms with Gasteiger partial charge in [0.15, 0.2) is 11.5 Å². The van der Waals surface area contributed by atoms with E-state index in [1.165, 1.54) is 0 Å². The molecule has 0 aliphatic rings. The summed E-state index contributed by atoms with van der Waals surface area (Å²) in [6.45, 7) is 0. The van der Waals surface area contributed by atoms with Crippen LogP contribution in [0.25, 0.3) is 21.5 Å². The summed E-state index contributed by atoms with van der Waals surface area (Å²) in [6, 6.07) is 13.5. The van der Waals surface area contributed by atoms with E-state index in [0.717, 1.165) is 27.3 Å². The molecule has 19 heavy (non-hydrogen) atoms. The number of methoxy groups -OCH3 is 2. The van der Waals surface area contributed by atoms with Crippen molar-refractivity contribution in [3.63, 3.8) is 0 Å². The molecule has 0 radical (unpaired) electrons. The SMILES string of the molecule is COc1cc2c(ccc3cccc(OC)c32)cc1O. The van der Waals surface area contributed by atoms with Crippen molar-refractivity contribution in [2.75, 3.05) is 14.2 Å². The van der Waals surface area contributed by atoms with Crippen LogP contribution in [0.15, 0.2) is 42.5 Å². The minimum absolute atomic E-state index is 0.143. The van der Waals surface area contributed by atoms with Crippen LogP contribution in [-0.4, -0.2) is 19.3 Å². The van der Waals surface area contributed by atoms with Crippen LogP contribution < -0.4 is 9.47 Å². The summed E-state index contributed by atoms with van der Waals surface area (Å²) in [5.41, 5.74) is 0. The van der Waals surface area contributed by atoms with Crippen LogP contribution in [0, 0.1) is 0 Å². The average molecular weight is 254 g/mol. The zero-order valence-corrected chi connectivity index (χ0v) is 10.8. The predicted octanol–water partition coefficient (Wildman–Crippen LogP) is 3.72. The first-order valence-corrected chi connectivity index (χ1v) is 6.01. The average Bonchev–Trinajstić information content (AvgIpc) is 2.45. The Bertz CT molecular complexity index is 763. The molecule has 3 nitrogen and oxygen atoms in total. The highest BCUT2D eigenvalue weighted by atomic mass is 16.5. The quantitative estimate of drug-likeness (QED) is 0.708. The van der Waals surface area contributed by atoms with Gasteiger partial charge in [-0.2, -0.15) is 0 Å². The molecule has 0 bridgehead atoms. The van der Waals surface area contributed by atoms with E-state index in [9.17, 15) is 5.11 Å². The van der Waals surface area contributed by atoms with E-state index in [1.807, 2.05) is 36.4 Å². The number of benzene rings is 3. The summed E-state index contributed by atoms with van der Waals surface area (Å²) in [7, 11) is 3.20. The van der Waals surface area contributed by atoms with Crippen LogP contribution in [0.3, 0.4) is 0 Å². The molecule has 0 aromatic heterocycles. The molecule has 96 valence electrons. The smallest absolute Gasteiger partial charge is 0.161 e. The third kappa shape index (κ3) is 1.74. The van der Waals surface area contributed by atoms with Crippen molar-refractivity contribution in [3.8, 4) is 17.2 Å². The Morgan fingerprint density at radius 3 is 2.32 bits per heavy atom. The van der Waals surface area contributed by atoms with E-state index in [4.69, 9.17) is 9.47 Å². The van der Waals surface area contributed by atoms with Gasteiger partial charge in [-0.05, 0) is 34.4 Å². The number of hydrogen-bond donors (Lipinski definition) is 1. The minimum atomic E-state index is 0.143. The molecule has 3 heteroatoms. The number of hydrogen-bond acceptors (Lipinski definition) is 3. The van der Waals surface area contributed by atoms with Gasteiger partial charge in [-0.25, -0.2) is 0 Å². The molecule has 0 saturated heterocycles. The van der Waals surface area contributed by atoms with E-state index in [2.05, 4.69) is 0 Å². The van der Waals surface area contributed by atoms with Crippen molar-refractivity contribution in [3.05, 3.63) is 42.5 Å². The Balaban J connectivity index is 2.50. The van der Waals surface area contributed by atoms with Gasteiger partial charge in [0.25, 0.3) is 0 Å². The summed E-state index contributed by atoms with van der Waals surface area (Å²) in [4.78, 5) is 0. The Hall–Kier alpha value is -2.42. The highest BCUT2D eigenvalue weighted by Gasteiger charge is 2.10. The molecule has 0 unspecified atom stereocenters. The van der Waals surface area contributed by atoms with Crippen molar-refractivity contribution in [1.82, 2.24) is 0 Å². The van der Waals surface area contributed by atoms with Gasteiger partial charge in [-0.1, -0.05) is 24.3 Å². The molecule has 0 atom stereocenters.